The van der Waals surface area contributed by atoms with Gasteiger partial charge in [0.05, 0.1) is 17.9 Å². The van der Waals surface area contributed by atoms with Gasteiger partial charge >= 0.3 is 0 Å². The van der Waals surface area contributed by atoms with Crippen molar-refractivity contribution in [3.05, 3.63) is 47.0 Å². The molecule has 0 radical (unpaired) electrons. The van der Waals surface area contributed by atoms with Crippen molar-refractivity contribution in [2.75, 3.05) is 5.73 Å². The summed E-state index contributed by atoms with van der Waals surface area (Å²) in [7, 11) is 0. The zero-order valence-electron chi connectivity index (χ0n) is 9.10. The lowest BCUT2D eigenvalue weighted by Gasteiger charge is -2.14. The number of nitrogens with two attached hydrogens (primary N) is 1. The minimum absolute atomic E-state index is 0. The van der Waals surface area contributed by atoms with Gasteiger partial charge < -0.3 is 5.73 Å². The van der Waals surface area contributed by atoms with E-state index in [1.165, 1.54) is 12.1 Å². The first-order valence-electron chi connectivity index (χ1n) is 4.82. The van der Waals surface area contributed by atoms with Crippen molar-refractivity contribution in [3.63, 3.8) is 0 Å². The highest BCUT2D eigenvalue weighted by Crippen LogP contribution is 2.26. The van der Waals surface area contributed by atoms with Crippen LogP contribution in [0.15, 0.2) is 30.6 Å². The Balaban J connectivity index is 0.00000144. The quantitative estimate of drug-likeness (QED) is 0.914. The Morgan fingerprint density at radius 3 is 2.71 bits per heavy atom. The number of hydrogen-bond donors (Lipinski definition) is 1. The fourth-order valence-corrected chi connectivity index (χ4v) is 1.87. The summed E-state index contributed by atoms with van der Waals surface area (Å²) in [4.78, 5) is 0. The van der Waals surface area contributed by atoms with E-state index in [4.69, 9.17) is 17.3 Å². The summed E-state index contributed by atoms with van der Waals surface area (Å²) < 4.78 is 14.6. The Morgan fingerprint density at radius 1 is 1.47 bits per heavy atom. The second kappa shape index (κ2) is 5.38. The van der Waals surface area contributed by atoms with E-state index in [1.807, 2.05) is 6.92 Å². The van der Waals surface area contributed by atoms with Crippen molar-refractivity contribution >= 4 is 29.7 Å². The summed E-state index contributed by atoms with van der Waals surface area (Å²) in [6.45, 7) is 1.92. The van der Waals surface area contributed by atoms with Crippen LogP contribution in [0.3, 0.4) is 0 Å². The van der Waals surface area contributed by atoms with Crippen LogP contribution in [0.5, 0.6) is 0 Å². The van der Waals surface area contributed by atoms with Crippen molar-refractivity contribution in [2.45, 2.75) is 13.0 Å². The number of benzene rings is 1. The summed E-state index contributed by atoms with van der Waals surface area (Å²) in [5.74, 6) is -0.346. The molecule has 6 heteroatoms. The summed E-state index contributed by atoms with van der Waals surface area (Å²) in [6, 6.07) is 4.25. The lowest BCUT2D eigenvalue weighted by molar-refractivity contribution is 0.562. The highest BCUT2D eigenvalue weighted by molar-refractivity contribution is 6.31. The van der Waals surface area contributed by atoms with Crippen molar-refractivity contribution in [1.82, 2.24) is 9.78 Å². The second-order valence-electron chi connectivity index (χ2n) is 3.60. The summed E-state index contributed by atoms with van der Waals surface area (Å²) >= 11 is 5.97. The van der Waals surface area contributed by atoms with Gasteiger partial charge in [-0.05, 0) is 24.6 Å². The maximum atomic E-state index is 12.9. The van der Waals surface area contributed by atoms with Crippen LogP contribution < -0.4 is 5.73 Å². The van der Waals surface area contributed by atoms with Gasteiger partial charge in [-0.15, -0.1) is 12.4 Å². The topological polar surface area (TPSA) is 43.8 Å². The molecule has 0 spiro atoms. The molecule has 1 atom stereocenters. The Morgan fingerprint density at radius 2 is 2.18 bits per heavy atom. The van der Waals surface area contributed by atoms with Crippen molar-refractivity contribution in [2.24, 2.45) is 0 Å². The molecule has 1 aromatic carbocycles. The molecule has 92 valence electrons. The molecular formula is C11H12Cl2FN3. The van der Waals surface area contributed by atoms with E-state index in [-0.39, 0.29) is 24.3 Å². The van der Waals surface area contributed by atoms with Gasteiger partial charge in [-0.2, -0.15) is 5.10 Å². The number of aromatic nitrogens is 2. The number of anilines is 1. The Hall–Kier alpha value is -1.26. The van der Waals surface area contributed by atoms with Gasteiger partial charge in [0.2, 0.25) is 0 Å². The average molecular weight is 276 g/mol. The van der Waals surface area contributed by atoms with Crippen LogP contribution in [0.4, 0.5) is 10.1 Å². The fraction of sp³-hybridized carbons (Fsp3) is 0.182. The van der Waals surface area contributed by atoms with Crippen LogP contribution in [0, 0.1) is 5.82 Å². The van der Waals surface area contributed by atoms with E-state index in [2.05, 4.69) is 5.10 Å². The van der Waals surface area contributed by atoms with Crippen LogP contribution in [-0.4, -0.2) is 9.78 Å². The number of nitrogen functional groups attached to an aromatic ring is 1. The maximum Gasteiger partial charge on any atom is 0.124 e. The average Bonchev–Trinajstić information content (AvgIpc) is 2.64. The molecule has 0 aliphatic heterocycles. The van der Waals surface area contributed by atoms with Crippen molar-refractivity contribution < 1.29 is 4.39 Å². The molecule has 2 aromatic rings. The van der Waals surface area contributed by atoms with Crippen LogP contribution in [0.1, 0.15) is 18.5 Å². The maximum absolute atomic E-state index is 12.9. The Labute approximate surface area is 110 Å². The zero-order valence-corrected chi connectivity index (χ0v) is 10.7. The molecule has 1 unspecified atom stereocenters. The van der Waals surface area contributed by atoms with Gasteiger partial charge in [0.25, 0.3) is 0 Å². The predicted octanol–water partition coefficient (Wildman–Crippen LogP) is 3.29. The third-order valence-corrected chi connectivity index (χ3v) is 2.76. The van der Waals surface area contributed by atoms with E-state index in [1.54, 1.807) is 23.1 Å². The first-order chi connectivity index (χ1) is 7.58. The molecular weight excluding hydrogens is 264 g/mol. The first kappa shape index (κ1) is 13.8. The molecule has 0 bridgehead atoms. The Bertz CT molecular complexity index is 513. The number of rotatable bonds is 2. The van der Waals surface area contributed by atoms with Gasteiger partial charge in [-0.25, -0.2) is 4.39 Å². The van der Waals surface area contributed by atoms with Crippen LogP contribution in [0.2, 0.25) is 5.02 Å². The van der Waals surface area contributed by atoms with Crippen molar-refractivity contribution in [1.29, 1.82) is 0 Å². The SMILES string of the molecule is CC(c1ccc(F)cc1Cl)n1cc(N)cn1.Cl. The molecule has 0 saturated carbocycles. The second-order valence-corrected chi connectivity index (χ2v) is 4.00. The monoisotopic (exact) mass is 275 g/mol. The molecule has 0 amide bonds. The first-order valence-corrected chi connectivity index (χ1v) is 5.20. The minimum atomic E-state index is -0.346. The molecule has 1 heterocycles. The predicted molar refractivity (Wildman–Crippen MR) is 69.1 cm³/mol. The lowest BCUT2D eigenvalue weighted by atomic mass is 10.1. The summed E-state index contributed by atoms with van der Waals surface area (Å²) in [5.41, 5.74) is 6.98. The lowest BCUT2D eigenvalue weighted by Crippen LogP contribution is -2.07. The van der Waals surface area contributed by atoms with Crippen LogP contribution in [-0.2, 0) is 0 Å². The van der Waals surface area contributed by atoms with Crippen LogP contribution >= 0.6 is 24.0 Å². The van der Waals surface area contributed by atoms with E-state index in [9.17, 15) is 4.39 Å². The van der Waals surface area contributed by atoms with Gasteiger partial charge in [0, 0.05) is 11.2 Å². The summed E-state index contributed by atoms with van der Waals surface area (Å²) in [5, 5.41) is 4.49. The molecule has 0 aliphatic carbocycles. The third-order valence-electron chi connectivity index (χ3n) is 2.43. The highest BCUT2D eigenvalue weighted by Gasteiger charge is 2.12. The molecule has 0 fully saturated rings. The molecule has 17 heavy (non-hydrogen) atoms. The highest BCUT2D eigenvalue weighted by atomic mass is 35.5. The van der Waals surface area contributed by atoms with Crippen LogP contribution in [0.25, 0.3) is 0 Å². The largest absolute Gasteiger partial charge is 0.396 e. The molecule has 2 rings (SSSR count). The molecule has 0 aliphatic rings. The molecule has 2 N–H and O–H groups in total. The number of hydrogen-bond acceptors (Lipinski definition) is 2. The standard InChI is InChI=1S/C11H11ClFN3.ClH/c1-7(16-6-9(14)5-15-16)10-3-2-8(13)4-11(10)12;/h2-7H,14H2,1H3;1H. The Kier molecular flexibility index (Phi) is 4.37. The van der Waals surface area contributed by atoms with Gasteiger partial charge in [-0.1, -0.05) is 17.7 Å². The zero-order chi connectivity index (χ0) is 11.7. The molecule has 0 saturated heterocycles. The van der Waals surface area contributed by atoms with Crippen molar-refractivity contribution in [3.8, 4) is 0 Å². The van der Waals surface area contributed by atoms with Gasteiger partial charge in [-0.3, -0.25) is 4.68 Å². The minimum Gasteiger partial charge on any atom is -0.396 e. The summed E-state index contributed by atoms with van der Waals surface area (Å²) in [6.07, 6.45) is 3.28. The van der Waals surface area contributed by atoms with E-state index in [0.29, 0.717) is 10.7 Å². The van der Waals surface area contributed by atoms with E-state index in [0.717, 1.165) is 5.56 Å². The number of nitrogens with zero attached hydrogens (tertiary/aromatic N) is 2. The van der Waals surface area contributed by atoms with Gasteiger partial charge in [0.1, 0.15) is 5.82 Å². The normalized spacial score (nSPS) is 11.9. The van der Waals surface area contributed by atoms with E-state index < -0.39 is 0 Å². The smallest absolute Gasteiger partial charge is 0.124 e. The van der Waals surface area contributed by atoms with E-state index >= 15 is 0 Å². The fourth-order valence-electron chi connectivity index (χ4n) is 1.55. The molecule has 3 nitrogen and oxygen atoms in total. The molecule has 1 aromatic heterocycles. The van der Waals surface area contributed by atoms with Gasteiger partial charge in [0.15, 0.2) is 0 Å². The third kappa shape index (κ3) is 2.90. The number of halogens is 3.